The summed E-state index contributed by atoms with van der Waals surface area (Å²) in [6, 6.07) is 11.4. The van der Waals surface area contributed by atoms with Crippen LogP contribution in [0.1, 0.15) is 16.8 Å². The van der Waals surface area contributed by atoms with Crippen molar-refractivity contribution < 1.29 is 19.1 Å². The summed E-state index contributed by atoms with van der Waals surface area (Å²) in [5, 5.41) is 0.564. The van der Waals surface area contributed by atoms with Gasteiger partial charge in [-0.1, -0.05) is 23.2 Å². The van der Waals surface area contributed by atoms with Crippen molar-refractivity contribution in [1.29, 1.82) is 0 Å². The molecule has 2 N–H and O–H groups in total. The maximum absolute atomic E-state index is 12.4. The molecule has 1 atom stereocenters. The SMILES string of the molecule is COc1ccc(N2C[C@@H](C(=O)NNC(=O)c3ccc(Cl)cc3Cl)CC2=O)cc1. The van der Waals surface area contributed by atoms with Gasteiger partial charge in [-0.25, -0.2) is 0 Å². The van der Waals surface area contributed by atoms with Crippen molar-refractivity contribution in [3.05, 3.63) is 58.1 Å². The molecule has 146 valence electrons. The fourth-order valence-corrected chi connectivity index (χ4v) is 3.35. The highest BCUT2D eigenvalue weighted by Gasteiger charge is 2.35. The van der Waals surface area contributed by atoms with Crippen LogP contribution in [0.3, 0.4) is 0 Å². The Morgan fingerprint density at radius 3 is 2.46 bits per heavy atom. The van der Waals surface area contributed by atoms with Crippen LogP contribution in [0, 0.1) is 5.92 Å². The lowest BCUT2D eigenvalue weighted by molar-refractivity contribution is -0.126. The molecule has 3 amide bonds. The number of amides is 3. The average molecular weight is 422 g/mol. The molecular formula is C19H17Cl2N3O4. The second-order valence-corrected chi connectivity index (χ2v) is 7.01. The van der Waals surface area contributed by atoms with Crippen LogP contribution >= 0.6 is 23.2 Å². The van der Waals surface area contributed by atoms with Gasteiger partial charge < -0.3 is 9.64 Å². The molecule has 1 aliphatic rings. The number of nitrogens with one attached hydrogen (secondary N) is 2. The zero-order chi connectivity index (χ0) is 20.3. The first-order valence-electron chi connectivity index (χ1n) is 8.38. The highest BCUT2D eigenvalue weighted by atomic mass is 35.5. The minimum Gasteiger partial charge on any atom is -0.497 e. The molecule has 0 spiro atoms. The van der Waals surface area contributed by atoms with Crippen LogP contribution in [0.4, 0.5) is 5.69 Å². The molecule has 1 fully saturated rings. The molecule has 0 aromatic heterocycles. The Morgan fingerprint density at radius 1 is 1.11 bits per heavy atom. The molecule has 7 nitrogen and oxygen atoms in total. The lowest BCUT2D eigenvalue weighted by Gasteiger charge is -2.17. The Balaban J connectivity index is 1.59. The summed E-state index contributed by atoms with van der Waals surface area (Å²) in [4.78, 5) is 38.3. The maximum atomic E-state index is 12.4. The molecule has 2 aromatic rings. The Kier molecular flexibility index (Phi) is 6.06. The van der Waals surface area contributed by atoms with Gasteiger partial charge in [0.2, 0.25) is 11.8 Å². The van der Waals surface area contributed by atoms with Crippen LogP contribution < -0.4 is 20.5 Å². The molecule has 28 heavy (non-hydrogen) atoms. The third-order valence-electron chi connectivity index (χ3n) is 4.35. The molecule has 1 aliphatic heterocycles. The van der Waals surface area contributed by atoms with Crippen molar-refractivity contribution in [1.82, 2.24) is 10.9 Å². The molecule has 0 aliphatic carbocycles. The zero-order valence-electron chi connectivity index (χ0n) is 14.9. The lowest BCUT2D eigenvalue weighted by Crippen LogP contribution is -2.45. The van der Waals surface area contributed by atoms with Gasteiger partial charge in [0.1, 0.15) is 5.75 Å². The number of ether oxygens (including phenoxy) is 1. The zero-order valence-corrected chi connectivity index (χ0v) is 16.4. The number of nitrogens with zero attached hydrogens (tertiary/aromatic N) is 1. The van der Waals surface area contributed by atoms with Crippen LogP contribution in [0.25, 0.3) is 0 Å². The van der Waals surface area contributed by atoms with Crippen LogP contribution in [0.2, 0.25) is 10.0 Å². The highest BCUT2D eigenvalue weighted by Crippen LogP contribution is 2.27. The highest BCUT2D eigenvalue weighted by molar-refractivity contribution is 6.36. The smallest absolute Gasteiger partial charge is 0.271 e. The first-order chi connectivity index (χ1) is 13.4. The van der Waals surface area contributed by atoms with Gasteiger partial charge in [-0.05, 0) is 42.5 Å². The number of methoxy groups -OCH3 is 1. The predicted molar refractivity (Wildman–Crippen MR) is 106 cm³/mol. The second-order valence-electron chi connectivity index (χ2n) is 6.17. The van der Waals surface area contributed by atoms with Gasteiger partial charge in [0.05, 0.1) is 23.6 Å². The van der Waals surface area contributed by atoms with Gasteiger partial charge in [-0.2, -0.15) is 0 Å². The van der Waals surface area contributed by atoms with E-state index in [1.54, 1.807) is 31.4 Å². The van der Waals surface area contributed by atoms with Crippen molar-refractivity contribution in [3.8, 4) is 5.75 Å². The van der Waals surface area contributed by atoms with E-state index in [-0.39, 0.29) is 29.5 Å². The van der Waals surface area contributed by atoms with E-state index in [0.29, 0.717) is 16.5 Å². The standard InChI is InChI=1S/C19H17Cl2N3O4/c1-28-14-5-3-13(4-6-14)24-10-11(8-17(24)25)18(26)22-23-19(27)15-7-2-12(20)9-16(15)21/h2-7,9,11H,8,10H2,1H3,(H,22,26)(H,23,27)/t11-/m0/s1. The van der Waals surface area contributed by atoms with E-state index >= 15 is 0 Å². The van der Waals surface area contributed by atoms with Crippen molar-refractivity contribution in [3.63, 3.8) is 0 Å². The molecule has 0 bridgehead atoms. The molecule has 1 heterocycles. The van der Waals surface area contributed by atoms with Crippen LogP contribution in [0.5, 0.6) is 5.75 Å². The number of rotatable bonds is 4. The monoisotopic (exact) mass is 421 g/mol. The molecule has 0 unspecified atom stereocenters. The summed E-state index contributed by atoms with van der Waals surface area (Å²) >= 11 is 11.8. The average Bonchev–Trinajstić information content (AvgIpc) is 3.07. The predicted octanol–water partition coefficient (Wildman–Crippen LogP) is 2.82. The number of benzene rings is 2. The Hall–Kier alpha value is -2.77. The van der Waals surface area contributed by atoms with Gasteiger partial charge in [-0.3, -0.25) is 25.2 Å². The molecule has 3 rings (SSSR count). The van der Waals surface area contributed by atoms with Crippen molar-refractivity contribution in [2.75, 3.05) is 18.6 Å². The number of carbonyl (C=O) groups is 3. The number of hydrogen-bond acceptors (Lipinski definition) is 4. The molecule has 0 saturated carbocycles. The summed E-state index contributed by atoms with van der Waals surface area (Å²) in [6.45, 7) is 0.217. The summed E-state index contributed by atoms with van der Waals surface area (Å²) in [7, 11) is 1.56. The number of hydrazine groups is 1. The summed E-state index contributed by atoms with van der Waals surface area (Å²) in [5.74, 6) is -1.12. The van der Waals surface area contributed by atoms with E-state index in [9.17, 15) is 14.4 Å². The summed E-state index contributed by atoms with van der Waals surface area (Å²) in [6.07, 6.45) is 0.0510. The van der Waals surface area contributed by atoms with Gasteiger partial charge >= 0.3 is 0 Å². The van der Waals surface area contributed by atoms with E-state index in [4.69, 9.17) is 27.9 Å². The first-order valence-corrected chi connectivity index (χ1v) is 9.14. The molecule has 9 heteroatoms. The molecule has 1 saturated heterocycles. The Morgan fingerprint density at radius 2 is 1.82 bits per heavy atom. The molecule has 2 aromatic carbocycles. The van der Waals surface area contributed by atoms with Crippen LogP contribution in [-0.4, -0.2) is 31.4 Å². The third-order valence-corrected chi connectivity index (χ3v) is 4.90. The summed E-state index contributed by atoms with van der Waals surface area (Å²) < 4.78 is 5.10. The molecule has 0 radical (unpaired) electrons. The van der Waals surface area contributed by atoms with E-state index in [0.717, 1.165) is 0 Å². The second kappa shape index (κ2) is 8.50. The summed E-state index contributed by atoms with van der Waals surface area (Å²) in [5.41, 5.74) is 5.51. The fourth-order valence-electron chi connectivity index (χ4n) is 2.86. The largest absolute Gasteiger partial charge is 0.497 e. The lowest BCUT2D eigenvalue weighted by atomic mass is 10.1. The van der Waals surface area contributed by atoms with Gasteiger partial charge in [0.15, 0.2) is 0 Å². The van der Waals surface area contributed by atoms with Crippen molar-refractivity contribution >= 4 is 46.6 Å². The van der Waals surface area contributed by atoms with Crippen LogP contribution in [-0.2, 0) is 9.59 Å². The Bertz CT molecular complexity index is 918. The van der Waals surface area contributed by atoms with Gasteiger partial charge in [-0.15, -0.1) is 0 Å². The van der Waals surface area contributed by atoms with Crippen molar-refractivity contribution in [2.45, 2.75) is 6.42 Å². The minimum absolute atomic E-state index is 0.0510. The van der Waals surface area contributed by atoms with E-state index in [2.05, 4.69) is 10.9 Å². The molecular weight excluding hydrogens is 405 g/mol. The van der Waals surface area contributed by atoms with E-state index in [1.165, 1.54) is 23.1 Å². The van der Waals surface area contributed by atoms with Gasteiger partial charge in [0, 0.05) is 23.7 Å². The van der Waals surface area contributed by atoms with Gasteiger partial charge in [0.25, 0.3) is 5.91 Å². The number of carbonyl (C=O) groups excluding carboxylic acids is 3. The van der Waals surface area contributed by atoms with Crippen molar-refractivity contribution in [2.24, 2.45) is 5.92 Å². The quantitative estimate of drug-likeness (QED) is 0.742. The normalized spacial score (nSPS) is 16.0. The van der Waals surface area contributed by atoms with E-state index < -0.39 is 17.7 Å². The van der Waals surface area contributed by atoms with Crippen LogP contribution in [0.15, 0.2) is 42.5 Å². The third kappa shape index (κ3) is 4.37. The first kappa shape index (κ1) is 20.0. The number of hydrogen-bond donors (Lipinski definition) is 2. The Labute approximate surface area is 171 Å². The number of anilines is 1. The fraction of sp³-hybridized carbons (Fsp3) is 0.211. The topological polar surface area (TPSA) is 87.7 Å². The maximum Gasteiger partial charge on any atom is 0.271 e. The van der Waals surface area contributed by atoms with E-state index in [1.807, 2.05) is 0 Å². The number of halogens is 2. The minimum atomic E-state index is -0.587.